The Balaban J connectivity index is 0.00000108. The van der Waals surface area contributed by atoms with Crippen molar-refractivity contribution < 1.29 is 9.47 Å². The molecule has 0 radical (unpaired) electrons. The van der Waals surface area contributed by atoms with Crippen LogP contribution >= 0.6 is 12.4 Å². The zero-order valence-electron chi connectivity index (χ0n) is 9.96. The molecule has 17 heavy (non-hydrogen) atoms. The van der Waals surface area contributed by atoms with E-state index in [9.17, 15) is 0 Å². The molecule has 1 fully saturated rings. The monoisotopic (exact) mass is 255 g/mol. The third-order valence-electron chi connectivity index (χ3n) is 3.54. The number of para-hydroxylation sites is 2. The van der Waals surface area contributed by atoms with E-state index >= 15 is 0 Å². The number of nitrogens with zero attached hydrogens (tertiary/aromatic N) is 1. The van der Waals surface area contributed by atoms with Crippen LogP contribution < -0.4 is 9.47 Å². The van der Waals surface area contributed by atoms with Gasteiger partial charge < -0.3 is 9.47 Å². The van der Waals surface area contributed by atoms with Gasteiger partial charge in [0.1, 0.15) is 12.7 Å². The average Bonchev–Trinajstić information content (AvgIpc) is 2.75. The molecule has 1 aromatic rings. The minimum absolute atomic E-state index is 0. The zero-order chi connectivity index (χ0) is 11.0. The van der Waals surface area contributed by atoms with E-state index in [1.807, 2.05) is 24.3 Å². The average molecular weight is 256 g/mol. The summed E-state index contributed by atoms with van der Waals surface area (Å²) in [4.78, 5) is 2.38. The normalized spacial score (nSPS) is 27.6. The van der Waals surface area contributed by atoms with E-state index in [0.717, 1.165) is 11.5 Å². The highest BCUT2D eigenvalue weighted by Gasteiger charge is 2.34. The van der Waals surface area contributed by atoms with Crippen LogP contribution in [-0.4, -0.2) is 37.2 Å². The molecule has 0 N–H and O–H groups in total. The molecule has 94 valence electrons. The minimum Gasteiger partial charge on any atom is -0.486 e. The molecule has 0 spiro atoms. The van der Waals surface area contributed by atoms with Crippen LogP contribution in [0, 0.1) is 0 Å². The van der Waals surface area contributed by atoms with Crippen LogP contribution in [0.4, 0.5) is 0 Å². The van der Waals surface area contributed by atoms with Crippen molar-refractivity contribution in [1.29, 1.82) is 0 Å². The summed E-state index contributed by atoms with van der Waals surface area (Å²) in [7, 11) is 2.17. The topological polar surface area (TPSA) is 21.7 Å². The number of benzene rings is 1. The van der Waals surface area contributed by atoms with Crippen molar-refractivity contribution in [3.05, 3.63) is 24.3 Å². The van der Waals surface area contributed by atoms with E-state index in [1.165, 1.54) is 19.4 Å². The van der Waals surface area contributed by atoms with Crippen LogP contribution in [-0.2, 0) is 0 Å². The van der Waals surface area contributed by atoms with Crippen LogP contribution in [0.1, 0.15) is 12.8 Å². The van der Waals surface area contributed by atoms with Gasteiger partial charge in [0.2, 0.25) is 0 Å². The third kappa shape index (κ3) is 2.35. The summed E-state index contributed by atoms with van der Waals surface area (Å²) >= 11 is 0. The molecule has 2 heterocycles. The van der Waals surface area contributed by atoms with Crippen LogP contribution in [0.25, 0.3) is 0 Å². The highest BCUT2D eigenvalue weighted by molar-refractivity contribution is 5.85. The molecule has 0 unspecified atom stereocenters. The number of hydrogen-bond acceptors (Lipinski definition) is 3. The van der Waals surface area contributed by atoms with Gasteiger partial charge in [0.15, 0.2) is 11.5 Å². The fraction of sp³-hybridized carbons (Fsp3) is 0.538. The molecule has 1 aromatic carbocycles. The lowest BCUT2D eigenvalue weighted by molar-refractivity contribution is 0.0369. The number of fused-ring (bicyclic) bond motifs is 1. The largest absolute Gasteiger partial charge is 0.486 e. The number of hydrogen-bond donors (Lipinski definition) is 0. The van der Waals surface area contributed by atoms with E-state index < -0.39 is 0 Å². The first kappa shape index (κ1) is 12.5. The highest BCUT2D eigenvalue weighted by Crippen LogP contribution is 2.33. The Kier molecular flexibility index (Phi) is 3.79. The minimum atomic E-state index is 0. The Labute approximate surface area is 108 Å². The van der Waals surface area contributed by atoms with Crippen LogP contribution in [0.15, 0.2) is 24.3 Å². The van der Waals surface area contributed by atoms with E-state index in [2.05, 4.69) is 11.9 Å². The molecule has 0 bridgehead atoms. The molecule has 0 aliphatic carbocycles. The fourth-order valence-corrected chi connectivity index (χ4v) is 2.63. The Hall–Kier alpha value is -0.930. The van der Waals surface area contributed by atoms with Crippen molar-refractivity contribution in [1.82, 2.24) is 4.90 Å². The van der Waals surface area contributed by atoms with Crippen molar-refractivity contribution >= 4 is 12.4 Å². The number of rotatable bonds is 1. The van der Waals surface area contributed by atoms with Crippen molar-refractivity contribution in [2.45, 2.75) is 25.0 Å². The summed E-state index contributed by atoms with van der Waals surface area (Å²) in [6, 6.07) is 8.42. The molecule has 4 heteroatoms. The molecular weight excluding hydrogens is 238 g/mol. The van der Waals surface area contributed by atoms with E-state index in [4.69, 9.17) is 9.47 Å². The molecule has 0 saturated carbocycles. The van der Waals surface area contributed by atoms with Gasteiger partial charge in [-0.15, -0.1) is 12.4 Å². The van der Waals surface area contributed by atoms with Crippen molar-refractivity contribution in [2.24, 2.45) is 0 Å². The van der Waals surface area contributed by atoms with Gasteiger partial charge in [-0.25, -0.2) is 0 Å². The molecular formula is C13H18ClNO2. The molecule has 0 aromatic heterocycles. The van der Waals surface area contributed by atoms with Crippen molar-refractivity contribution in [2.75, 3.05) is 20.2 Å². The van der Waals surface area contributed by atoms with Gasteiger partial charge in [-0.1, -0.05) is 12.1 Å². The second-order valence-electron chi connectivity index (χ2n) is 4.60. The molecule has 1 saturated heterocycles. The Morgan fingerprint density at radius 1 is 1.24 bits per heavy atom. The number of likely N-dealkylation sites (N-methyl/N-ethyl adjacent to an activating group) is 1. The molecule has 2 atom stereocenters. The summed E-state index contributed by atoms with van der Waals surface area (Å²) in [6.45, 7) is 1.85. The molecule has 2 aliphatic rings. The van der Waals surface area contributed by atoms with E-state index in [0.29, 0.717) is 12.6 Å². The Morgan fingerprint density at radius 3 is 2.71 bits per heavy atom. The lowest BCUT2D eigenvalue weighted by Crippen LogP contribution is -2.45. The summed E-state index contributed by atoms with van der Waals surface area (Å²) < 4.78 is 11.8. The number of ether oxygens (including phenoxy) is 2. The lowest BCUT2D eigenvalue weighted by atomic mass is 10.1. The summed E-state index contributed by atoms with van der Waals surface area (Å²) in [5, 5.41) is 0. The fourth-order valence-electron chi connectivity index (χ4n) is 2.63. The Bertz CT molecular complexity index is 385. The van der Waals surface area contributed by atoms with Crippen LogP contribution in [0.2, 0.25) is 0 Å². The van der Waals surface area contributed by atoms with Gasteiger partial charge in [-0.2, -0.15) is 0 Å². The number of halogens is 1. The maximum atomic E-state index is 6.02. The first-order chi connectivity index (χ1) is 7.84. The molecule has 0 amide bonds. The quantitative estimate of drug-likeness (QED) is 0.769. The number of likely N-dealkylation sites (tertiary alicyclic amines) is 1. The smallest absolute Gasteiger partial charge is 0.161 e. The van der Waals surface area contributed by atoms with Gasteiger partial charge in [-0.05, 0) is 38.6 Å². The van der Waals surface area contributed by atoms with Gasteiger partial charge in [0.25, 0.3) is 0 Å². The maximum absolute atomic E-state index is 6.02. The Morgan fingerprint density at radius 2 is 2.00 bits per heavy atom. The van der Waals surface area contributed by atoms with Crippen molar-refractivity contribution in [3.63, 3.8) is 0 Å². The van der Waals surface area contributed by atoms with Gasteiger partial charge >= 0.3 is 0 Å². The van der Waals surface area contributed by atoms with Crippen LogP contribution in [0.3, 0.4) is 0 Å². The second kappa shape index (κ2) is 5.15. The first-order valence-corrected chi connectivity index (χ1v) is 5.93. The molecule has 2 aliphatic heterocycles. The predicted octanol–water partition coefficient (Wildman–Crippen LogP) is 2.34. The standard InChI is InChI=1S/C13H17NO2.ClH/c1-14-8-4-5-10(14)13-9-15-11-6-2-3-7-12(11)16-13;/h2-3,6-7,10,13H,4-5,8-9H2,1H3;1H/t10-,13-;/m0./s1. The SMILES string of the molecule is CN1CCC[C@H]1[C@@H]1COc2ccccc2O1.Cl. The predicted molar refractivity (Wildman–Crippen MR) is 69.3 cm³/mol. The summed E-state index contributed by atoms with van der Waals surface area (Å²) in [5.41, 5.74) is 0. The van der Waals surface area contributed by atoms with E-state index in [-0.39, 0.29) is 18.5 Å². The van der Waals surface area contributed by atoms with Gasteiger partial charge in [-0.3, -0.25) is 4.90 Å². The molecule has 3 rings (SSSR count). The summed E-state index contributed by atoms with van der Waals surface area (Å²) in [6.07, 6.45) is 2.66. The van der Waals surface area contributed by atoms with Crippen molar-refractivity contribution in [3.8, 4) is 11.5 Å². The second-order valence-corrected chi connectivity index (χ2v) is 4.60. The molecule has 3 nitrogen and oxygen atoms in total. The summed E-state index contributed by atoms with van der Waals surface area (Å²) in [5.74, 6) is 1.76. The third-order valence-corrected chi connectivity index (χ3v) is 3.54. The van der Waals surface area contributed by atoms with Gasteiger partial charge in [0.05, 0.1) is 0 Å². The highest BCUT2D eigenvalue weighted by atomic mass is 35.5. The van der Waals surface area contributed by atoms with Gasteiger partial charge in [0, 0.05) is 6.04 Å². The zero-order valence-corrected chi connectivity index (χ0v) is 10.8. The van der Waals surface area contributed by atoms with Crippen LogP contribution in [0.5, 0.6) is 11.5 Å². The lowest BCUT2D eigenvalue weighted by Gasteiger charge is -2.33. The first-order valence-electron chi connectivity index (χ1n) is 5.93. The maximum Gasteiger partial charge on any atom is 0.161 e. The van der Waals surface area contributed by atoms with E-state index in [1.54, 1.807) is 0 Å².